The number of rotatable bonds is 2. The first kappa shape index (κ1) is 10.5. The highest BCUT2D eigenvalue weighted by atomic mass is 16.1. The van der Waals surface area contributed by atoms with Crippen LogP contribution in [0.5, 0.6) is 0 Å². The van der Waals surface area contributed by atoms with Gasteiger partial charge in [0.1, 0.15) is 5.82 Å². The zero-order valence-electron chi connectivity index (χ0n) is 9.56. The number of aryl methyl sites for hydroxylation is 1. The maximum absolute atomic E-state index is 11.4. The van der Waals surface area contributed by atoms with E-state index in [-0.39, 0.29) is 0 Å². The zero-order chi connectivity index (χ0) is 12.5. The smallest absolute Gasteiger partial charge is 0.324 e. The van der Waals surface area contributed by atoms with Crippen molar-refractivity contribution in [3.8, 4) is 0 Å². The fourth-order valence-electron chi connectivity index (χ4n) is 1.69. The quantitative estimate of drug-likeness (QED) is 0.624. The second-order valence-corrected chi connectivity index (χ2v) is 3.85. The number of nitrogens with one attached hydrogen (secondary N) is 3. The van der Waals surface area contributed by atoms with E-state index < -0.39 is 5.69 Å². The molecule has 0 unspecified atom stereocenters. The van der Waals surface area contributed by atoms with Crippen LogP contribution in [0.25, 0.3) is 11.0 Å². The summed E-state index contributed by atoms with van der Waals surface area (Å²) in [5, 5.41) is 10.6. The van der Waals surface area contributed by atoms with Gasteiger partial charge in [-0.25, -0.2) is 9.78 Å². The highest BCUT2D eigenvalue weighted by Gasteiger charge is 2.06. The molecule has 0 bridgehead atoms. The van der Waals surface area contributed by atoms with Crippen molar-refractivity contribution in [2.45, 2.75) is 6.92 Å². The van der Waals surface area contributed by atoms with Gasteiger partial charge in [-0.15, -0.1) is 0 Å². The second-order valence-electron chi connectivity index (χ2n) is 3.85. The van der Waals surface area contributed by atoms with Crippen molar-refractivity contribution in [3.63, 3.8) is 0 Å². The molecular formula is C11H10N6O. The van der Waals surface area contributed by atoms with Crippen LogP contribution in [0.2, 0.25) is 0 Å². The van der Waals surface area contributed by atoms with E-state index in [1.54, 1.807) is 12.3 Å². The number of nitrogens with zero attached hydrogens (tertiary/aromatic N) is 3. The molecule has 0 spiro atoms. The Labute approximate surface area is 101 Å². The third-order valence-electron chi connectivity index (χ3n) is 2.45. The van der Waals surface area contributed by atoms with Gasteiger partial charge in [-0.1, -0.05) is 0 Å². The predicted molar refractivity (Wildman–Crippen MR) is 66.8 cm³/mol. The van der Waals surface area contributed by atoms with Crippen LogP contribution < -0.4 is 11.0 Å². The molecule has 3 aromatic rings. The van der Waals surface area contributed by atoms with Crippen LogP contribution in [0.1, 0.15) is 5.69 Å². The fraction of sp³-hybridized carbons (Fsp3) is 0.0909. The Balaban J connectivity index is 2.13. The summed E-state index contributed by atoms with van der Waals surface area (Å²) >= 11 is 0. The molecule has 0 aliphatic heterocycles. The lowest BCUT2D eigenvalue weighted by atomic mass is 10.3. The molecule has 7 heteroatoms. The molecule has 3 heterocycles. The van der Waals surface area contributed by atoms with Crippen molar-refractivity contribution in [2.24, 2.45) is 0 Å². The third kappa shape index (κ3) is 1.81. The van der Waals surface area contributed by atoms with E-state index in [4.69, 9.17) is 0 Å². The van der Waals surface area contributed by atoms with Crippen LogP contribution in [0.15, 0.2) is 29.2 Å². The molecular weight excluding hydrogens is 232 g/mol. The maximum atomic E-state index is 11.4. The number of hydrogen-bond acceptors (Lipinski definition) is 5. The Bertz CT molecular complexity index is 759. The van der Waals surface area contributed by atoms with Crippen LogP contribution in [-0.4, -0.2) is 25.1 Å². The van der Waals surface area contributed by atoms with Gasteiger partial charge < -0.3 is 5.32 Å². The molecule has 90 valence electrons. The molecule has 0 fully saturated rings. The Kier molecular flexibility index (Phi) is 2.30. The molecule has 0 atom stereocenters. The average Bonchev–Trinajstić information content (AvgIpc) is 2.74. The summed E-state index contributed by atoms with van der Waals surface area (Å²) in [6, 6.07) is 5.44. The van der Waals surface area contributed by atoms with E-state index in [0.29, 0.717) is 17.3 Å². The summed E-state index contributed by atoms with van der Waals surface area (Å²) in [5.41, 5.74) is 0.878. The standard InChI is InChI=1S/C11H10N6O/c1-6-5-8(17-16-6)13-10-7-3-2-4-12-9(7)14-11(18)15-10/h2-5H,1H3,(H3,12,13,14,15,16,17,18). The number of pyridine rings is 1. The molecule has 3 N–H and O–H groups in total. The van der Waals surface area contributed by atoms with E-state index >= 15 is 0 Å². The zero-order valence-corrected chi connectivity index (χ0v) is 9.56. The summed E-state index contributed by atoms with van der Waals surface area (Å²) < 4.78 is 0. The lowest BCUT2D eigenvalue weighted by molar-refractivity contribution is 1.04. The molecule has 0 aliphatic carbocycles. The number of H-pyrrole nitrogens is 2. The lowest BCUT2D eigenvalue weighted by Crippen LogP contribution is -2.13. The molecule has 0 amide bonds. The van der Waals surface area contributed by atoms with E-state index in [0.717, 1.165) is 11.1 Å². The molecule has 0 aliphatic rings. The van der Waals surface area contributed by atoms with Gasteiger partial charge in [-0.3, -0.25) is 10.1 Å². The summed E-state index contributed by atoms with van der Waals surface area (Å²) in [6.07, 6.45) is 1.59. The number of aromatic amines is 2. The molecule has 0 radical (unpaired) electrons. The molecule has 0 saturated carbocycles. The number of anilines is 2. The summed E-state index contributed by atoms with van der Waals surface area (Å²) in [7, 11) is 0. The lowest BCUT2D eigenvalue weighted by Gasteiger charge is -2.05. The van der Waals surface area contributed by atoms with Crippen molar-refractivity contribution in [3.05, 3.63) is 40.6 Å². The Morgan fingerprint density at radius 2 is 2.28 bits per heavy atom. The largest absolute Gasteiger partial charge is 0.348 e. The van der Waals surface area contributed by atoms with Crippen LogP contribution in [-0.2, 0) is 0 Å². The molecule has 3 aromatic heterocycles. The van der Waals surface area contributed by atoms with E-state index in [9.17, 15) is 4.79 Å². The van der Waals surface area contributed by atoms with Gasteiger partial charge in [-0.2, -0.15) is 10.1 Å². The number of hydrogen-bond donors (Lipinski definition) is 3. The summed E-state index contributed by atoms with van der Waals surface area (Å²) in [4.78, 5) is 21.9. The minimum absolute atomic E-state index is 0.399. The van der Waals surface area contributed by atoms with Crippen LogP contribution >= 0.6 is 0 Å². The predicted octanol–water partition coefficient (Wildman–Crippen LogP) is 1.09. The average molecular weight is 242 g/mol. The Hall–Kier alpha value is -2.70. The Morgan fingerprint density at radius 1 is 1.39 bits per heavy atom. The van der Waals surface area contributed by atoms with Crippen molar-refractivity contribution in [1.82, 2.24) is 25.1 Å². The SMILES string of the molecule is Cc1cc(Nc2[nH]c(=O)nc3ncccc23)n[nH]1. The molecule has 18 heavy (non-hydrogen) atoms. The van der Waals surface area contributed by atoms with Gasteiger partial charge in [0.05, 0.1) is 5.39 Å². The van der Waals surface area contributed by atoms with E-state index in [2.05, 4.69) is 30.5 Å². The van der Waals surface area contributed by atoms with Crippen LogP contribution in [0, 0.1) is 6.92 Å². The maximum Gasteiger partial charge on any atom is 0.348 e. The monoisotopic (exact) mass is 242 g/mol. The van der Waals surface area contributed by atoms with Gasteiger partial charge in [0.25, 0.3) is 0 Å². The van der Waals surface area contributed by atoms with Gasteiger partial charge in [0.15, 0.2) is 11.5 Å². The summed E-state index contributed by atoms with van der Waals surface area (Å²) in [5.74, 6) is 1.16. The first-order chi connectivity index (χ1) is 8.72. The van der Waals surface area contributed by atoms with Crippen molar-refractivity contribution in [1.29, 1.82) is 0 Å². The highest BCUT2D eigenvalue weighted by Crippen LogP contribution is 2.19. The van der Waals surface area contributed by atoms with Crippen molar-refractivity contribution >= 4 is 22.7 Å². The molecule has 0 saturated heterocycles. The van der Waals surface area contributed by atoms with Crippen LogP contribution in [0.3, 0.4) is 0 Å². The molecule has 3 rings (SSSR count). The first-order valence-electron chi connectivity index (χ1n) is 5.36. The van der Waals surface area contributed by atoms with Crippen molar-refractivity contribution in [2.75, 3.05) is 5.32 Å². The Morgan fingerprint density at radius 3 is 3.06 bits per heavy atom. The minimum Gasteiger partial charge on any atom is -0.324 e. The summed E-state index contributed by atoms with van der Waals surface area (Å²) in [6.45, 7) is 1.90. The van der Waals surface area contributed by atoms with E-state index in [1.165, 1.54) is 0 Å². The molecule has 7 nitrogen and oxygen atoms in total. The van der Waals surface area contributed by atoms with E-state index in [1.807, 2.05) is 19.1 Å². The topological polar surface area (TPSA) is 99.3 Å². The molecule has 0 aromatic carbocycles. The van der Waals surface area contributed by atoms with Gasteiger partial charge in [0.2, 0.25) is 0 Å². The first-order valence-corrected chi connectivity index (χ1v) is 5.36. The number of aromatic nitrogens is 5. The fourth-order valence-corrected chi connectivity index (χ4v) is 1.69. The normalized spacial score (nSPS) is 10.7. The highest BCUT2D eigenvalue weighted by molar-refractivity contribution is 5.87. The van der Waals surface area contributed by atoms with Gasteiger partial charge in [-0.05, 0) is 19.1 Å². The third-order valence-corrected chi connectivity index (χ3v) is 2.45. The van der Waals surface area contributed by atoms with Crippen LogP contribution in [0.4, 0.5) is 11.6 Å². The second kappa shape index (κ2) is 3.95. The number of fused-ring (bicyclic) bond motifs is 1. The van der Waals surface area contributed by atoms with Gasteiger partial charge in [0, 0.05) is 18.0 Å². The van der Waals surface area contributed by atoms with Gasteiger partial charge >= 0.3 is 5.69 Å². The van der Waals surface area contributed by atoms with Crippen molar-refractivity contribution < 1.29 is 0 Å². The minimum atomic E-state index is -0.448.